The van der Waals surface area contributed by atoms with Crippen LogP contribution in [0.1, 0.15) is 6.92 Å². The summed E-state index contributed by atoms with van der Waals surface area (Å²) in [5, 5.41) is 7.88. The summed E-state index contributed by atoms with van der Waals surface area (Å²) in [7, 11) is 5.32. The van der Waals surface area contributed by atoms with Crippen molar-refractivity contribution in [3.63, 3.8) is 0 Å². The van der Waals surface area contributed by atoms with E-state index < -0.39 is 11.2 Å². The fourth-order valence-electron chi connectivity index (χ4n) is 0.759. The van der Waals surface area contributed by atoms with Crippen LogP contribution in [-0.4, -0.2) is 35.2 Å². The Labute approximate surface area is 64.3 Å². The topological polar surface area (TPSA) is 49.7 Å². The van der Waals surface area contributed by atoms with E-state index in [1.54, 1.807) is 0 Å². The highest BCUT2D eigenvalue weighted by atomic mass is 32.2. The normalized spacial score (nSPS) is 31.9. The summed E-state index contributed by atoms with van der Waals surface area (Å²) in [6.45, 7) is 1.82. The van der Waals surface area contributed by atoms with Crippen LogP contribution in [0.4, 0.5) is 0 Å². The van der Waals surface area contributed by atoms with Crippen LogP contribution in [0, 0.1) is 0 Å². The predicted octanol–water partition coefficient (Wildman–Crippen LogP) is 0.0994. The van der Waals surface area contributed by atoms with Gasteiger partial charge in [-0.15, -0.1) is 11.8 Å². The first-order chi connectivity index (χ1) is 4.61. The van der Waals surface area contributed by atoms with Gasteiger partial charge < -0.3 is 5.11 Å². The number of aliphatic imine (C=N–C) groups is 1. The van der Waals surface area contributed by atoms with Gasteiger partial charge in [-0.1, -0.05) is 0 Å². The molecule has 1 rings (SSSR count). The number of rotatable bonds is 1. The number of aliphatic carboxylic acids is 1. The lowest BCUT2D eigenvalue weighted by molar-refractivity contribution is -0.135. The van der Waals surface area contributed by atoms with Crippen LogP contribution >= 0.6 is 11.8 Å². The summed E-state index contributed by atoms with van der Waals surface area (Å²) in [5.74, 6) is -0.907. The lowest BCUT2D eigenvalue weighted by atomic mass is 9.98. The smallest absolute Gasteiger partial charge is 0.321 e. The van der Waals surface area contributed by atoms with E-state index in [1.165, 1.54) is 11.8 Å². The molecule has 1 aliphatic rings. The van der Waals surface area contributed by atoms with Crippen LogP contribution in [0.15, 0.2) is 4.99 Å². The Bertz CT molecular complexity index is 194. The van der Waals surface area contributed by atoms with Gasteiger partial charge in [0.15, 0.2) is 0 Å². The Hall–Kier alpha value is -0.445. The van der Waals surface area contributed by atoms with E-state index in [4.69, 9.17) is 13.0 Å². The van der Waals surface area contributed by atoms with Crippen molar-refractivity contribution in [3.8, 4) is 0 Å². The van der Waals surface area contributed by atoms with Gasteiger partial charge in [0.2, 0.25) is 0 Å². The number of hydrogen-bond acceptors (Lipinski definition) is 3. The van der Waals surface area contributed by atoms with Crippen molar-refractivity contribution < 1.29 is 9.90 Å². The Balaban J connectivity index is 2.68. The maximum atomic E-state index is 10.4. The van der Waals surface area contributed by atoms with Gasteiger partial charge in [0, 0.05) is 0 Å². The Morgan fingerprint density at radius 3 is 2.70 bits per heavy atom. The van der Waals surface area contributed by atoms with Crippen LogP contribution < -0.4 is 0 Å². The average molecular weight is 155 g/mol. The molecule has 1 aliphatic heterocycles. The van der Waals surface area contributed by atoms with Gasteiger partial charge in [-0.3, -0.25) is 9.79 Å². The van der Waals surface area contributed by atoms with Gasteiger partial charge in [-0.2, -0.15) is 0 Å². The second-order valence-corrected chi connectivity index (χ2v) is 3.43. The molecule has 10 heavy (non-hydrogen) atoms. The summed E-state index contributed by atoms with van der Waals surface area (Å²) in [4.78, 5) is 14.2. The third-order valence-electron chi connectivity index (χ3n) is 1.16. The first kappa shape index (κ1) is 7.66. The molecule has 0 aromatic carbocycles. The minimum Gasteiger partial charge on any atom is -0.480 e. The third-order valence-corrected chi connectivity index (χ3v) is 2.37. The predicted molar refractivity (Wildman–Crippen MR) is 41.7 cm³/mol. The van der Waals surface area contributed by atoms with Crippen molar-refractivity contribution in [1.82, 2.24) is 0 Å². The molecule has 52 valence electrons. The fraction of sp³-hybridized carbons (Fsp3) is 0.600. The molecular weight excluding hydrogens is 149 g/mol. The van der Waals surface area contributed by atoms with E-state index in [9.17, 15) is 4.79 Å². The minimum absolute atomic E-state index is 0.0129. The highest BCUT2D eigenvalue weighted by molar-refractivity contribution is 8.02. The van der Waals surface area contributed by atoms with Gasteiger partial charge in [0.25, 0.3) is 0 Å². The zero-order valence-electron chi connectivity index (χ0n) is 5.44. The number of nitrogens with zero attached hydrogens (tertiary/aromatic N) is 1. The molecule has 0 fully saturated rings. The Morgan fingerprint density at radius 2 is 2.50 bits per heavy atom. The summed E-state index contributed by atoms with van der Waals surface area (Å²) in [6.07, 6.45) is 0. The summed E-state index contributed by atoms with van der Waals surface area (Å²) < 4.78 is 0. The van der Waals surface area contributed by atoms with Crippen molar-refractivity contribution in [3.05, 3.63) is 0 Å². The molecule has 3 nitrogen and oxygen atoms in total. The van der Waals surface area contributed by atoms with E-state index in [2.05, 4.69) is 4.99 Å². The molecule has 5 heteroatoms. The molecule has 2 unspecified atom stereocenters. The van der Waals surface area contributed by atoms with Crippen LogP contribution in [0.25, 0.3) is 0 Å². The molecule has 0 amide bonds. The second kappa shape index (κ2) is 2.66. The Morgan fingerprint density at radius 1 is 1.90 bits per heavy atom. The van der Waals surface area contributed by atoms with Crippen molar-refractivity contribution >= 4 is 31.2 Å². The molecule has 1 heterocycles. The van der Waals surface area contributed by atoms with Crippen molar-refractivity contribution in [1.29, 1.82) is 0 Å². The number of carboxylic acid groups (broad SMARTS) is 1. The molecule has 0 saturated carbocycles. The van der Waals surface area contributed by atoms with Crippen molar-refractivity contribution in [2.45, 2.75) is 17.5 Å². The molecule has 0 spiro atoms. The van der Waals surface area contributed by atoms with E-state index in [0.717, 1.165) is 0 Å². The number of thioether (sulfide) groups is 1. The molecular formula is C5H6BNO2S. The standard InChI is InChI=1S/C5H6BNO2S/c1-2-7-4(6)3(10-2)5(8)9/h2-3H,1H3,(H,8,9). The monoisotopic (exact) mass is 155 g/mol. The van der Waals surface area contributed by atoms with Crippen LogP contribution in [0.3, 0.4) is 0 Å². The van der Waals surface area contributed by atoms with E-state index in [0.29, 0.717) is 0 Å². The lowest BCUT2D eigenvalue weighted by Gasteiger charge is -2.01. The molecule has 2 radical (unpaired) electrons. The van der Waals surface area contributed by atoms with Crippen molar-refractivity contribution in [2.75, 3.05) is 0 Å². The van der Waals surface area contributed by atoms with Gasteiger partial charge in [-0.25, -0.2) is 0 Å². The Kier molecular flexibility index (Phi) is 2.04. The number of carbonyl (C=O) groups is 1. The van der Waals surface area contributed by atoms with Gasteiger partial charge in [0.05, 0.1) is 5.37 Å². The average Bonchev–Trinajstić information content (AvgIpc) is 2.10. The molecule has 0 aromatic heterocycles. The first-order valence-corrected chi connectivity index (χ1v) is 3.77. The van der Waals surface area contributed by atoms with E-state index in [1.807, 2.05) is 6.92 Å². The van der Waals surface area contributed by atoms with Crippen LogP contribution in [-0.2, 0) is 4.79 Å². The number of hydrogen-bond donors (Lipinski definition) is 1. The van der Waals surface area contributed by atoms with Crippen LogP contribution in [0.5, 0.6) is 0 Å². The maximum Gasteiger partial charge on any atom is 0.321 e. The molecule has 0 aliphatic carbocycles. The van der Waals surface area contributed by atoms with Gasteiger partial charge >= 0.3 is 5.97 Å². The zero-order valence-corrected chi connectivity index (χ0v) is 6.26. The molecule has 0 saturated heterocycles. The lowest BCUT2D eigenvalue weighted by Crippen LogP contribution is -2.23. The van der Waals surface area contributed by atoms with E-state index in [-0.39, 0.29) is 11.0 Å². The summed E-state index contributed by atoms with van der Waals surface area (Å²) in [6, 6.07) is 0. The van der Waals surface area contributed by atoms with Crippen molar-refractivity contribution in [2.24, 2.45) is 4.99 Å². The third kappa shape index (κ3) is 1.34. The summed E-state index contributed by atoms with van der Waals surface area (Å²) >= 11 is 1.25. The molecule has 1 N–H and O–H groups in total. The zero-order chi connectivity index (χ0) is 7.72. The quantitative estimate of drug-likeness (QED) is 0.546. The molecule has 0 aromatic rings. The highest BCUT2D eigenvalue weighted by Crippen LogP contribution is 2.26. The fourth-order valence-corrected chi connectivity index (χ4v) is 1.65. The highest BCUT2D eigenvalue weighted by Gasteiger charge is 2.28. The second-order valence-electron chi connectivity index (χ2n) is 2.01. The van der Waals surface area contributed by atoms with Gasteiger partial charge in [0.1, 0.15) is 13.1 Å². The minimum atomic E-state index is -0.907. The summed E-state index contributed by atoms with van der Waals surface area (Å²) in [5.41, 5.74) is 0.227. The maximum absolute atomic E-state index is 10.4. The first-order valence-electron chi connectivity index (χ1n) is 2.82. The molecule has 0 bridgehead atoms. The van der Waals surface area contributed by atoms with Gasteiger partial charge in [-0.05, 0) is 12.5 Å². The van der Waals surface area contributed by atoms with E-state index >= 15 is 0 Å². The SMILES string of the molecule is [B]C1=NC(C)SC1C(=O)O. The largest absolute Gasteiger partial charge is 0.480 e. The number of carboxylic acids is 1. The van der Waals surface area contributed by atoms with Crippen LogP contribution in [0.2, 0.25) is 0 Å². The molecule has 2 atom stereocenters.